The van der Waals surface area contributed by atoms with Crippen LogP contribution in [0.5, 0.6) is 5.75 Å². The maximum Gasteiger partial charge on any atom is 0.248 e. The third-order valence-corrected chi connectivity index (χ3v) is 3.29. The number of amides is 1. The summed E-state index contributed by atoms with van der Waals surface area (Å²) < 4.78 is 32.2. The van der Waals surface area contributed by atoms with Crippen molar-refractivity contribution in [2.45, 2.75) is 0 Å². The minimum absolute atomic E-state index is 0.0859. The number of methoxy groups -OCH3 is 1. The summed E-state index contributed by atoms with van der Waals surface area (Å²) >= 11 is 3.33. The zero-order valence-electron chi connectivity index (χ0n) is 11.6. The lowest BCUT2D eigenvalue weighted by molar-refractivity contribution is -0.111. The highest BCUT2D eigenvalue weighted by atomic mass is 79.9. The van der Waals surface area contributed by atoms with Crippen LogP contribution in [0.15, 0.2) is 46.9 Å². The topological polar surface area (TPSA) is 38.3 Å². The van der Waals surface area contributed by atoms with E-state index in [-0.39, 0.29) is 5.69 Å². The van der Waals surface area contributed by atoms with Crippen molar-refractivity contribution >= 4 is 33.6 Å². The molecule has 0 fully saturated rings. The first-order valence-corrected chi connectivity index (χ1v) is 7.06. The summed E-state index contributed by atoms with van der Waals surface area (Å²) in [5, 5.41) is 2.34. The van der Waals surface area contributed by atoms with E-state index in [9.17, 15) is 13.6 Å². The van der Waals surface area contributed by atoms with Gasteiger partial charge in [0.2, 0.25) is 5.91 Å². The van der Waals surface area contributed by atoms with E-state index >= 15 is 0 Å². The third kappa shape index (κ3) is 4.14. The van der Waals surface area contributed by atoms with Gasteiger partial charge < -0.3 is 10.1 Å². The molecule has 0 atom stereocenters. The average molecular weight is 368 g/mol. The first-order valence-electron chi connectivity index (χ1n) is 6.27. The molecule has 0 saturated carbocycles. The second-order valence-corrected chi connectivity index (χ2v) is 5.25. The Balaban J connectivity index is 2.13. The highest BCUT2D eigenvalue weighted by Gasteiger charge is 2.06. The summed E-state index contributed by atoms with van der Waals surface area (Å²) in [4.78, 5) is 11.8. The summed E-state index contributed by atoms with van der Waals surface area (Å²) in [6, 6.07) is 8.28. The van der Waals surface area contributed by atoms with Crippen LogP contribution < -0.4 is 10.1 Å². The fourth-order valence-electron chi connectivity index (χ4n) is 1.77. The van der Waals surface area contributed by atoms with E-state index in [1.165, 1.54) is 13.2 Å². The first kappa shape index (κ1) is 16.2. The van der Waals surface area contributed by atoms with Crippen molar-refractivity contribution in [3.63, 3.8) is 0 Å². The van der Waals surface area contributed by atoms with Crippen LogP contribution in [0.2, 0.25) is 0 Å². The smallest absolute Gasteiger partial charge is 0.248 e. The van der Waals surface area contributed by atoms with Crippen molar-refractivity contribution in [2.24, 2.45) is 0 Å². The third-order valence-electron chi connectivity index (χ3n) is 2.80. The van der Waals surface area contributed by atoms with Gasteiger partial charge in [0, 0.05) is 22.2 Å². The zero-order chi connectivity index (χ0) is 16.1. The maximum atomic E-state index is 13.4. The predicted molar refractivity (Wildman–Crippen MR) is 84.7 cm³/mol. The molecule has 0 aliphatic rings. The first-order chi connectivity index (χ1) is 10.5. The molecule has 0 unspecified atom stereocenters. The van der Waals surface area contributed by atoms with Gasteiger partial charge in [-0.15, -0.1) is 0 Å². The van der Waals surface area contributed by atoms with E-state index in [1.54, 1.807) is 18.2 Å². The molecule has 3 nitrogen and oxygen atoms in total. The van der Waals surface area contributed by atoms with Crippen molar-refractivity contribution in [3.05, 3.63) is 64.1 Å². The van der Waals surface area contributed by atoms with E-state index in [2.05, 4.69) is 21.2 Å². The largest absolute Gasteiger partial charge is 0.496 e. The standard InChI is InChI=1S/C16H12BrF2NO2/c1-22-15-6-3-11(17)8-10(15)2-7-16(21)20-14-5-4-12(18)9-13(14)19/h2-9H,1H3,(H,20,21)/b7-2+. The molecule has 0 aliphatic carbocycles. The molecule has 1 N–H and O–H groups in total. The molecule has 0 spiro atoms. The molecule has 1 amide bonds. The van der Waals surface area contributed by atoms with Gasteiger partial charge >= 0.3 is 0 Å². The molecule has 2 rings (SSSR count). The Morgan fingerprint density at radius 1 is 1.23 bits per heavy atom. The lowest BCUT2D eigenvalue weighted by Crippen LogP contribution is -2.09. The molecular formula is C16H12BrF2NO2. The molecule has 0 aliphatic heterocycles. The summed E-state index contributed by atoms with van der Waals surface area (Å²) in [5.74, 6) is -1.47. The highest BCUT2D eigenvalue weighted by Crippen LogP contribution is 2.24. The van der Waals surface area contributed by atoms with Gasteiger partial charge in [0.05, 0.1) is 12.8 Å². The second kappa shape index (κ2) is 7.17. The minimum Gasteiger partial charge on any atom is -0.496 e. The summed E-state index contributed by atoms with van der Waals surface area (Å²) in [5.41, 5.74) is 0.601. The molecule has 0 radical (unpaired) electrons. The van der Waals surface area contributed by atoms with Gasteiger partial charge in [-0.2, -0.15) is 0 Å². The molecule has 114 valence electrons. The molecule has 0 heterocycles. The number of benzene rings is 2. The SMILES string of the molecule is COc1ccc(Br)cc1/C=C/C(=O)Nc1ccc(F)cc1F. The number of halogens is 3. The van der Waals surface area contributed by atoms with Gasteiger partial charge in [-0.05, 0) is 36.4 Å². The number of nitrogens with one attached hydrogen (secondary N) is 1. The van der Waals surface area contributed by atoms with Gasteiger partial charge in [-0.25, -0.2) is 8.78 Å². The van der Waals surface area contributed by atoms with Crippen LogP contribution in [0, 0.1) is 11.6 Å². The summed E-state index contributed by atoms with van der Waals surface area (Å²) in [6.45, 7) is 0. The number of carbonyl (C=O) groups is 1. The van der Waals surface area contributed by atoms with E-state index in [4.69, 9.17) is 4.74 Å². The van der Waals surface area contributed by atoms with Crippen molar-refractivity contribution in [1.29, 1.82) is 0 Å². The Hall–Kier alpha value is -2.21. The number of rotatable bonds is 4. The lowest BCUT2D eigenvalue weighted by atomic mass is 10.2. The Morgan fingerprint density at radius 2 is 2.00 bits per heavy atom. The molecule has 0 aromatic heterocycles. The van der Waals surface area contributed by atoms with Gasteiger partial charge in [-0.3, -0.25) is 4.79 Å². The van der Waals surface area contributed by atoms with Crippen molar-refractivity contribution in [2.75, 3.05) is 12.4 Å². The Morgan fingerprint density at radius 3 is 2.68 bits per heavy atom. The molecule has 6 heteroatoms. The van der Waals surface area contributed by atoms with Crippen LogP contribution in [0.25, 0.3) is 6.08 Å². The van der Waals surface area contributed by atoms with Crippen molar-refractivity contribution in [1.82, 2.24) is 0 Å². The normalized spacial score (nSPS) is 10.7. The van der Waals surface area contributed by atoms with Crippen LogP contribution in [0.1, 0.15) is 5.56 Å². The van der Waals surface area contributed by atoms with Gasteiger partial charge in [0.1, 0.15) is 17.4 Å². The predicted octanol–water partition coefficient (Wildman–Crippen LogP) is 4.39. The zero-order valence-corrected chi connectivity index (χ0v) is 13.2. The van der Waals surface area contributed by atoms with Gasteiger partial charge in [0.25, 0.3) is 0 Å². The second-order valence-electron chi connectivity index (χ2n) is 4.33. The van der Waals surface area contributed by atoms with E-state index in [1.807, 2.05) is 6.07 Å². The van der Waals surface area contributed by atoms with E-state index in [0.717, 1.165) is 16.6 Å². The molecule has 22 heavy (non-hydrogen) atoms. The minimum atomic E-state index is -0.832. The van der Waals surface area contributed by atoms with Crippen LogP contribution in [0.4, 0.5) is 14.5 Å². The Labute approximate surface area is 134 Å². The van der Waals surface area contributed by atoms with Crippen LogP contribution in [-0.2, 0) is 4.79 Å². The Bertz CT molecular complexity index is 732. The lowest BCUT2D eigenvalue weighted by Gasteiger charge is -2.06. The Kier molecular flexibility index (Phi) is 5.27. The van der Waals surface area contributed by atoms with Crippen LogP contribution in [-0.4, -0.2) is 13.0 Å². The highest BCUT2D eigenvalue weighted by molar-refractivity contribution is 9.10. The monoisotopic (exact) mass is 367 g/mol. The summed E-state index contributed by atoms with van der Waals surface area (Å²) in [6.07, 6.45) is 2.79. The van der Waals surface area contributed by atoms with E-state index < -0.39 is 17.5 Å². The van der Waals surface area contributed by atoms with Gasteiger partial charge in [-0.1, -0.05) is 15.9 Å². The number of carbonyl (C=O) groups excluding carboxylic acids is 1. The average Bonchev–Trinajstić information content (AvgIpc) is 2.48. The molecule has 2 aromatic carbocycles. The summed E-state index contributed by atoms with van der Waals surface area (Å²) in [7, 11) is 1.52. The maximum absolute atomic E-state index is 13.4. The number of anilines is 1. The molecule has 0 bridgehead atoms. The number of hydrogen-bond donors (Lipinski definition) is 1. The number of hydrogen-bond acceptors (Lipinski definition) is 2. The fraction of sp³-hybridized carbons (Fsp3) is 0.0625. The number of ether oxygens (including phenoxy) is 1. The molecule has 0 saturated heterocycles. The molecular weight excluding hydrogens is 356 g/mol. The van der Waals surface area contributed by atoms with E-state index in [0.29, 0.717) is 17.4 Å². The fourth-order valence-corrected chi connectivity index (χ4v) is 2.14. The van der Waals surface area contributed by atoms with Gasteiger partial charge in [0.15, 0.2) is 0 Å². The molecule has 2 aromatic rings. The van der Waals surface area contributed by atoms with Crippen LogP contribution in [0.3, 0.4) is 0 Å². The van der Waals surface area contributed by atoms with Crippen LogP contribution >= 0.6 is 15.9 Å². The van der Waals surface area contributed by atoms with Crippen molar-refractivity contribution < 1.29 is 18.3 Å². The quantitative estimate of drug-likeness (QED) is 0.813. The van der Waals surface area contributed by atoms with Crippen molar-refractivity contribution in [3.8, 4) is 5.75 Å².